The van der Waals surface area contributed by atoms with E-state index < -0.39 is 0 Å². The van der Waals surface area contributed by atoms with E-state index in [1.54, 1.807) is 0 Å². The number of hydrogen-bond donors (Lipinski definition) is 0. The normalized spacial score (nSPS) is 12.2. The van der Waals surface area contributed by atoms with Crippen molar-refractivity contribution < 1.29 is 9.47 Å². The van der Waals surface area contributed by atoms with Crippen LogP contribution < -0.4 is 9.47 Å². The molecular formula is C31H36O2. The minimum atomic E-state index is -0.137. The summed E-state index contributed by atoms with van der Waals surface area (Å²) < 4.78 is 12.1. The molecule has 0 aliphatic carbocycles. The molecular weight excluding hydrogens is 404 g/mol. The Labute approximate surface area is 199 Å². The fourth-order valence-corrected chi connectivity index (χ4v) is 3.67. The number of rotatable bonds is 9. The van der Waals surface area contributed by atoms with Crippen LogP contribution in [0.4, 0.5) is 0 Å². The lowest BCUT2D eigenvalue weighted by Gasteiger charge is -2.26. The molecule has 0 aliphatic heterocycles. The zero-order chi connectivity index (χ0) is 23.8. The van der Waals surface area contributed by atoms with E-state index >= 15 is 0 Å². The molecule has 33 heavy (non-hydrogen) atoms. The van der Waals surface area contributed by atoms with Gasteiger partial charge in [0.25, 0.3) is 0 Å². The molecule has 0 saturated carbocycles. The molecule has 0 fully saturated rings. The predicted molar refractivity (Wildman–Crippen MR) is 139 cm³/mol. The molecule has 0 aromatic heterocycles. The van der Waals surface area contributed by atoms with E-state index in [1.165, 1.54) is 22.3 Å². The van der Waals surface area contributed by atoms with Gasteiger partial charge in [-0.15, -0.1) is 0 Å². The van der Waals surface area contributed by atoms with Crippen LogP contribution in [0.5, 0.6) is 17.2 Å². The largest absolute Gasteiger partial charge is 0.458 e. The Hall–Kier alpha value is -3.26. The SMILES string of the molecule is CC/C=C\C(=C/CC)Oc1ccc(C(C)(C)c2ccc(Oc3ccc(C)c(C)c3)cc2)cc1. The summed E-state index contributed by atoms with van der Waals surface area (Å²) in [6.07, 6.45) is 8.20. The zero-order valence-electron chi connectivity index (χ0n) is 20.8. The Kier molecular flexibility index (Phi) is 8.16. The van der Waals surface area contributed by atoms with Crippen LogP contribution in [0.2, 0.25) is 0 Å². The van der Waals surface area contributed by atoms with E-state index in [2.05, 4.69) is 102 Å². The maximum atomic E-state index is 6.08. The van der Waals surface area contributed by atoms with Crippen LogP contribution in [-0.4, -0.2) is 0 Å². The molecule has 0 radical (unpaired) electrons. The molecule has 3 aromatic rings. The van der Waals surface area contributed by atoms with Crippen molar-refractivity contribution in [1.29, 1.82) is 0 Å². The van der Waals surface area contributed by atoms with Crippen molar-refractivity contribution in [2.24, 2.45) is 0 Å². The molecule has 0 amide bonds. The van der Waals surface area contributed by atoms with E-state index in [4.69, 9.17) is 9.47 Å². The topological polar surface area (TPSA) is 18.5 Å². The van der Waals surface area contributed by atoms with Gasteiger partial charge in [-0.3, -0.25) is 0 Å². The number of ether oxygens (including phenoxy) is 2. The maximum Gasteiger partial charge on any atom is 0.127 e. The minimum Gasteiger partial charge on any atom is -0.458 e. The van der Waals surface area contributed by atoms with E-state index in [0.29, 0.717) is 0 Å². The molecule has 0 bridgehead atoms. The summed E-state index contributed by atoms with van der Waals surface area (Å²) in [6, 6.07) is 23.0. The maximum absolute atomic E-state index is 6.08. The van der Waals surface area contributed by atoms with Gasteiger partial charge in [-0.2, -0.15) is 0 Å². The van der Waals surface area contributed by atoms with Gasteiger partial charge in [0.1, 0.15) is 23.0 Å². The molecule has 3 rings (SSSR count). The van der Waals surface area contributed by atoms with E-state index in [9.17, 15) is 0 Å². The molecule has 3 aromatic carbocycles. The molecule has 2 nitrogen and oxygen atoms in total. The first kappa shape index (κ1) is 24.4. The van der Waals surface area contributed by atoms with Gasteiger partial charge in [-0.05, 0) is 97.5 Å². The van der Waals surface area contributed by atoms with Crippen molar-refractivity contribution in [2.45, 2.75) is 59.8 Å². The highest BCUT2D eigenvalue weighted by Crippen LogP contribution is 2.34. The average molecular weight is 441 g/mol. The van der Waals surface area contributed by atoms with Gasteiger partial charge in [-0.1, -0.05) is 64.1 Å². The Morgan fingerprint density at radius 2 is 1.30 bits per heavy atom. The molecule has 0 saturated heterocycles. The Balaban J connectivity index is 1.73. The van der Waals surface area contributed by atoms with Gasteiger partial charge in [-0.25, -0.2) is 0 Å². The van der Waals surface area contributed by atoms with Gasteiger partial charge in [0.05, 0.1) is 0 Å². The second-order valence-electron chi connectivity index (χ2n) is 8.95. The Morgan fingerprint density at radius 3 is 1.85 bits per heavy atom. The van der Waals surface area contributed by atoms with Crippen LogP contribution in [0.1, 0.15) is 62.8 Å². The van der Waals surface area contributed by atoms with Crippen LogP contribution in [0.3, 0.4) is 0 Å². The average Bonchev–Trinajstić information content (AvgIpc) is 2.81. The van der Waals surface area contributed by atoms with Crippen LogP contribution >= 0.6 is 0 Å². The van der Waals surface area contributed by atoms with Crippen LogP contribution in [0.15, 0.2) is 90.7 Å². The first-order chi connectivity index (χ1) is 15.8. The zero-order valence-corrected chi connectivity index (χ0v) is 20.8. The van der Waals surface area contributed by atoms with Crippen molar-refractivity contribution in [2.75, 3.05) is 0 Å². The second-order valence-corrected chi connectivity index (χ2v) is 8.95. The first-order valence-corrected chi connectivity index (χ1v) is 11.8. The summed E-state index contributed by atoms with van der Waals surface area (Å²) in [5.74, 6) is 3.46. The summed E-state index contributed by atoms with van der Waals surface area (Å²) in [4.78, 5) is 0. The number of hydrogen-bond acceptors (Lipinski definition) is 2. The predicted octanol–water partition coefficient (Wildman–Crippen LogP) is 9.06. The number of benzene rings is 3. The minimum absolute atomic E-state index is 0.137. The van der Waals surface area contributed by atoms with Gasteiger partial charge in [0.2, 0.25) is 0 Å². The van der Waals surface area contributed by atoms with Gasteiger partial charge < -0.3 is 9.47 Å². The smallest absolute Gasteiger partial charge is 0.127 e. The summed E-state index contributed by atoms with van der Waals surface area (Å²) >= 11 is 0. The summed E-state index contributed by atoms with van der Waals surface area (Å²) in [6.45, 7) is 12.9. The highest BCUT2D eigenvalue weighted by molar-refractivity contribution is 5.43. The first-order valence-electron chi connectivity index (χ1n) is 11.8. The molecule has 0 atom stereocenters. The lowest BCUT2D eigenvalue weighted by Crippen LogP contribution is -2.18. The van der Waals surface area contributed by atoms with Crippen molar-refractivity contribution in [3.63, 3.8) is 0 Å². The third-order valence-electron chi connectivity index (χ3n) is 6.02. The highest BCUT2D eigenvalue weighted by Gasteiger charge is 2.23. The Bertz CT molecular complexity index is 1100. The van der Waals surface area contributed by atoms with Crippen LogP contribution in [-0.2, 0) is 5.41 Å². The fourth-order valence-electron chi connectivity index (χ4n) is 3.67. The van der Waals surface area contributed by atoms with Crippen molar-refractivity contribution in [3.8, 4) is 17.2 Å². The molecule has 0 N–H and O–H groups in total. The molecule has 0 spiro atoms. The molecule has 0 unspecified atom stereocenters. The fraction of sp³-hybridized carbons (Fsp3) is 0.290. The van der Waals surface area contributed by atoms with Gasteiger partial charge >= 0.3 is 0 Å². The Morgan fingerprint density at radius 1 is 0.727 bits per heavy atom. The monoisotopic (exact) mass is 440 g/mol. The van der Waals surface area contributed by atoms with Crippen molar-refractivity contribution >= 4 is 0 Å². The van der Waals surface area contributed by atoms with Crippen LogP contribution in [0, 0.1) is 13.8 Å². The lowest BCUT2D eigenvalue weighted by molar-refractivity contribution is 0.441. The van der Waals surface area contributed by atoms with Crippen LogP contribution in [0.25, 0.3) is 0 Å². The van der Waals surface area contributed by atoms with Gasteiger partial charge in [0.15, 0.2) is 0 Å². The quantitative estimate of drug-likeness (QED) is 0.244. The van der Waals surface area contributed by atoms with E-state index in [-0.39, 0.29) is 5.41 Å². The number of allylic oxidation sites excluding steroid dienone is 3. The van der Waals surface area contributed by atoms with E-state index in [1.807, 2.05) is 24.3 Å². The summed E-state index contributed by atoms with van der Waals surface area (Å²) in [7, 11) is 0. The second kappa shape index (κ2) is 11.0. The number of aryl methyl sites for hydroxylation is 2. The molecule has 0 aliphatic rings. The molecule has 0 heterocycles. The molecule has 2 heteroatoms. The third-order valence-corrected chi connectivity index (χ3v) is 6.02. The van der Waals surface area contributed by atoms with Crippen molar-refractivity contribution in [3.05, 3.63) is 113 Å². The summed E-state index contributed by atoms with van der Waals surface area (Å²) in [5.41, 5.74) is 4.84. The van der Waals surface area contributed by atoms with Crippen molar-refractivity contribution in [1.82, 2.24) is 0 Å². The third kappa shape index (κ3) is 6.38. The summed E-state index contributed by atoms with van der Waals surface area (Å²) in [5, 5.41) is 0. The highest BCUT2D eigenvalue weighted by atomic mass is 16.5. The standard InChI is InChI=1S/C31H36O2/c1-7-9-11-27(10-8-2)32-28-18-13-25(14-19-28)31(5,6)26-15-20-29(21-16-26)33-30-17-12-23(3)24(4)22-30/h9-22H,7-8H2,1-6H3/b11-9-,27-10+. The van der Waals surface area contributed by atoms with E-state index in [0.717, 1.165) is 35.8 Å². The van der Waals surface area contributed by atoms with Gasteiger partial charge in [0, 0.05) is 5.41 Å². The lowest BCUT2D eigenvalue weighted by atomic mass is 9.78. The molecule has 172 valence electrons.